The Morgan fingerprint density at radius 1 is 1.21 bits per heavy atom. The minimum absolute atomic E-state index is 0.0441. The zero-order valence-electron chi connectivity index (χ0n) is 17.5. The number of thiophene rings is 1. The van der Waals surface area contributed by atoms with Crippen molar-refractivity contribution in [2.45, 2.75) is 17.4 Å². The van der Waals surface area contributed by atoms with Gasteiger partial charge in [0.25, 0.3) is 10.0 Å². The van der Waals surface area contributed by atoms with Crippen LogP contribution in [0.4, 0.5) is 10.1 Å². The van der Waals surface area contributed by atoms with E-state index in [1.54, 1.807) is 41.8 Å². The molecule has 33 heavy (non-hydrogen) atoms. The Labute approximate surface area is 194 Å². The third kappa shape index (κ3) is 5.27. The number of carbonyl (C=O) groups excluding carboxylic acids is 1. The smallest absolute Gasteiger partial charge is 0.344 e. The van der Waals surface area contributed by atoms with E-state index in [9.17, 15) is 17.6 Å². The number of carbonyl (C=O) groups is 1. The van der Waals surface area contributed by atoms with Gasteiger partial charge in [-0.3, -0.25) is 4.31 Å². The molecule has 2 heterocycles. The van der Waals surface area contributed by atoms with E-state index in [2.05, 4.69) is 0 Å². The van der Waals surface area contributed by atoms with E-state index in [1.165, 1.54) is 23.5 Å². The first-order chi connectivity index (χ1) is 15.8. The molecule has 0 aliphatic carbocycles. The van der Waals surface area contributed by atoms with Gasteiger partial charge in [0.05, 0.1) is 12.3 Å². The molecule has 8 nitrogen and oxygen atoms in total. The molecule has 0 spiro atoms. The molecular formula is C22H20FNO7S2. The van der Waals surface area contributed by atoms with E-state index < -0.39 is 21.8 Å². The van der Waals surface area contributed by atoms with E-state index in [0.717, 1.165) is 11.3 Å². The topological polar surface area (TPSA) is 91.4 Å². The Bertz CT molecular complexity index is 1230. The van der Waals surface area contributed by atoms with Gasteiger partial charge in [0.2, 0.25) is 0 Å². The quantitative estimate of drug-likeness (QED) is 0.442. The van der Waals surface area contributed by atoms with Crippen molar-refractivity contribution in [2.24, 2.45) is 0 Å². The van der Waals surface area contributed by atoms with Crippen LogP contribution in [-0.4, -0.2) is 34.8 Å². The van der Waals surface area contributed by atoms with Crippen LogP contribution in [0.15, 0.2) is 58.1 Å². The molecule has 0 unspecified atom stereocenters. The Balaban J connectivity index is 1.32. The molecule has 0 saturated heterocycles. The molecule has 1 aromatic heterocycles. The monoisotopic (exact) mass is 493 g/mol. The molecule has 1 aliphatic heterocycles. The molecule has 2 aromatic carbocycles. The van der Waals surface area contributed by atoms with Gasteiger partial charge < -0.3 is 18.9 Å². The molecule has 0 saturated carbocycles. The summed E-state index contributed by atoms with van der Waals surface area (Å²) >= 11 is 1.14. The zero-order chi connectivity index (χ0) is 23.4. The molecule has 0 N–H and O–H groups in total. The molecule has 1 aliphatic rings. The van der Waals surface area contributed by atoms with Gasteiger partial charge >= 0.3 is 5.97 Å². The van der Waals surface area contributed by atoms with Crippen LogP contribution in [0.1, 0.15) is 11.1 Å². The van der Waals surface area contributed by atoms with Crippen LogP contribution < -0.4 is 13.8 Å². The highest BCUT2D eigenvalue weighted by atomic mass is 32.2. The van der Waals surface area contributed by atoms with Crippen molar-refractivity contribution in [3.63, 3.8) is 0 Å². The number of anilines is 1. The Hall–Kier alpha value is -3.15. The fourth-order valence-corrected chi connectivity index (χ4v) is 5.50. The van der Waals surface area contributed by atoms with E-state index in [0.29, 0.717) is 28.3 Å². The van der Waals surface area contributed by atoms with Gasteiger partial charge in [-0.1, -0.05) is 6.07 Å². The number of halogens is 1. The minimum Gasteiger partial charge on any atom is -0.482 e. The van der Waals surface area contributed by atoms with Crippen LogP contribution in [-0.2, 0) is 37.5 Å². The number of esters is 1. The summed E-state index contributed by atoms with van der Waals surface area (Å²) in [5.74, 6) is -0.312. The Kier molecular flexibility index (Phi) is 6.82. The lowest BCUT2D eigenvalue weighted by Crippen LogP contribution is -2.25. The lowest BCUT2D eigenvalue weighted by Gasteiger charge is -2.20. The Morgan fingerprint density at radius 2 is 2.00 bits per heavy atom. The molecule has 0 fully saturated rings. The van der Waals surface area contributed by atoms with E-state index in [-0.39, 0.29) is 30.8 Å². The number of hydrogen-bond acceptors (Lipinski definition) is 8. The van der Waals surface area contributed by atoms with Crippen LogP contribution in [0.25, 0.3) is 0 Å². The van der Waals surface area contributed by atoms with Gasteiger partial charge in [0, 0.05) is 18.2 Å². The van der Waals surface area contributed by atoms with Gasteiger partial charge in [-0.2, -0.15) is 0 Å². The van der Waals surface area contributed by atoms with Crippen molar-refractivity contribution >= 4 is 33.0 Å². The van der Waals surface area contributed by atoms with Crippen LogP contribution in [0.3, 0.4) is 0 Å². The van der Waals surface area contributed by atoms with E-state index in [1.807, 2.05) is 0 Å². The highest BCUT2D eigenvalue weighted by Crippen LogP contribution is 2.30. The number of fused-ring (bicyclic) bond motifs is 1. The third-order valence-corrected chi connectivity index (χ3v) is 7.97. The van der Waals surface area contributed by atoms with Crippen molar-refractivity contribution in [2.75, 3.05) is 24.8 Å². The van der Waals surface area contributed by atoms with Gasteiger partial charge in [0.15, 0.2) is 13.4 Å². The van der Waals surface area contributed by atoms with Crippen LogP contribution in [0.5, 0.6) is 11.5 Å². The second-order valence-electron chi connectivity index (χ2n) is 7.01. The normalized spacial score (nSPS) is 13.0. The summed E-state index contributed by atoms with van der Waals surface area (Å²) in [5, 5.41) is 1.70. The minimum atomic E-state index is -3.64. The van der Waals surface area contributed by atoms with Crippen molar-refractivity contribution in [1.29, 1.82) is 0 Å². The van der Waals surface area contributed by atoms with Crippen molar-refractivity contribution in [3.8, 4) is 11.5 Å². The SMILES string of the molecule is CN(c1ccc(OCC(=O)OCc2cc(F)cc3c2OCOC3)cc1)S(=O)(=O)c1cccs1. The fourth-order valence-electron chi connectivity index (χ4n) is 3.14. The van der Waals surface area contributed by atoms with E-state index >= 15 is 0 Å². The van der Waals surface area contributed by atoms with E-state index in [4.69, 9.17) is 18.9 Å². The zero-order valence-corrected chi connectivity index (χ0v) is 19.2. The largest absolute Gasteiger partial charge is 0.482 e. The molecule has 0 atom stereocenters. The highest BCUT2D eigenvalue weighted by molar-refractivity contribution is 7.94. The standard InChI is InChI=1S/C22H20FNO7S2/c1-24(33(26,27)21-3-2-8-32-21)18-4-6-19(7-5-18)29-13-20(25)30-12-16-10-17(23)9-15-11-28-14-31-22(15)16/h2-10H,11-14H2,1H3. The first-order valence-electron chi connectivity index (χ1n) is 9.77. The summed E-state index contributed by atoms with van der Waals surface area (Å²) in [7, 11) is -2.18. The van der Waals surface area contributed by atoms with Gasteiger partial charge in [-0.15, -0.1) is 11.3 Å². The predicted molar refractivity (Wildman–Crippen MR) is 118 cm³/mol. The summed E-state index contributed by atoms with van der Waals surface area (Å²) in [6, 6.07) is 12.0. The summed E-state index contributed by atoms with van der Waals surface area (Å²) in [5.41, 5.74) is 1.40. The molecule has 0 amide bonds. The maximum atomic E-state index is 13.8. The lowest BCUT2D eigenvalue weighted by molar-refractivity contribution is -0.147. The summed E-state index contributed by atoms with van der Waals surface area (Å²) in [6.45, 7) is -0.282. The number of hydrogen-bond donors (Lipinski definition) is 0. The number of rotatable bonds is 8. The number of benzene rings is 2. The first kappa shape index (κ1) is 23.0. The number of ether oxygens (including phenoxy) is 4. The molecule has 11 heteroatoms. The predicted octanol–water partition coefficient (Wildman–Crippen LogP) is 3.70. The van der Waals surface area contributed by atoms with Crippen molar-refractivity contribution < 1.29 is 36.6 Å². The maximum Gasteiger partial charge on any atom is 0.344 e. The highest BCUT2D eigenvalue weighted by Gasteiger charge is 2.22. The first-order valence-corrected chi connectivity index (χ1v) is 12.1. The second-order valence-corrected chi connectivity index (χ2v) is 10.2. The number of sulfonamides is 1. The van der Waals surface area contributed by atoms with Crippen molar-refractivity contribution in [1.82, 2.24) is 0 Å². The molecular weight excluding hydrogens is 473 g/mol. The lowest BCUT2D eigenvalue weighted by atomic mass is 10.1. The van der Waals surface area contributed by atoms with Gasteiger partial charge in [0.1, 0.15) is 28.1 Å². The fraction of sp³-hybridized carbons (Fsp3) is 0.227. The second kappa shape index (κ2) is 9.77. The number of nitrogens with zero attached hydrogens (tertiary/aromatic N) is 1. The van der Waals surface area contributed by atoms with Crippen LogP contribution in [0, 0.1) is 5.82 Å². The molecule has 174 valence electrons. The molecule has 0 radical (unpaired) electrons. The van der Waals surface area contributed by atoms with Crippen LogP contribution >= 0.6 is 11.3 Å². The van der Waals surface area contributed by atoms with Gasteiger partial charge in [-0.25, -0.2) is 17.6 Å². The molecule has 4 rings (SSSR count). The average molecular weight is 494 g/mol. The third-order valence-electron chi connectivity index (χ3n) is 4.81. The molecule has 3 aromatic rings. The van der Waals surface area contributed by atoms with Crippen LogP contribution in [0.2, 0.25) is 0 Å². The summed E-state index contributed by atoms with van der Waals surface area (Å²) < 4.78 is 61.5. The average Bonchev–Trinajstić information content (AvgIpc) is 3.37. The Morgan fingerprint density at radius 3 is 2.73 bits per heavy atom. The van der Waals surface area contributed by atoms with Crippen molar-refractivity contribution in [3.05, 3.63) is 70.9 Å². The maximum absolute atomic E-state index is 13.8. The van der Waals surface area contributed by atoms with Gasteiger partial charge in [-0.05, 0) is 47.8 Å². The molecule has 0 bridgehead atoms. The summed E-state index contributed by atoms with van der Waals surface area (Å²) in [4.78, 5) is 12.1. The summed E-state index contributed by atoms with van der Waals surface area (Å²) in [6.07, 6.45) is 0.